The summed E-state index contributed by atoms with van der Waals surface area (Å²) in [5, 5.41) is 8.06. The molecule has 2 saturated heterocycles. The number of rotatable bonds is 16. The van der Waals surface area contributed by atoms with Crippen LogP contribution in [0.5, 0.6) is 5.75 Å². The van der Waals surface area contributed by atoms with E-state index in [1.165, 1.54) is 13.8 Å². The molecule has 2 fully saturated rings. The largest absolute Gasteiger partial charge is 0.463 e. The molecule has 1 aromatic heterocycles. The molecule has 2 aliphatic rings. The quantitative estimate of drug-likeness (QED) is 0.0879. The lowest BCUT2D eigenvalue weighted by Crippen LogP contribution is -2.58. The predicted octanol–water partition coefficient (Wildman–Crippen LogP) is 8.79. The molecule has 7 rings (SSSR count). The van der Waals surface area contributed by atoms with E-state index < -0.39 is 30.6 Å². The molecule has 12 nitrogen and oxygen atoms in total. The zero-order chi connectivity index (χ0) is 42.9. The Morgan fingerprint density at radius 3 is 1.66 bits per heavy atom. The molecule has 322 valence electrons. The first kappa shape index (κ1) is 43.7. The van der Waals surface area contributed by atoms with Crippen LogP contribution in [0.25, 0.3) is 22.6 Å². The van der Waals surface area contributed by atoms with Gasteiger partial charge in [0.2, 0.25) is 18.1 Å². The van der Waals surface area contributed by atoms with Gasteiger partial charge in [-0.3, -0.25) is 9.59 Å². The summed E-state index contributed by atoms with van der Waals surface area (Å²) in [6, 6.07) is 35.8. The van der Waals surface area contributed by atoms with Crippen LogP contribution in [0.1, 0.15) is 58.1 Å². The van der Waals surface area contributed by atoms with E-state index in [4.69, 9.17) is 37.6 Å². The van der Waals surface area contributed by atoms with Crippen molar-refractivity contribution in [1.82, 2.24) is 10.2 Å². The number of benzene rings is 4. The minimum absolute atomic E-state index is 0.0388. The van der Waals surface area contributed by atoms with Gasteiger partial charge in [-0.25, -0.2) is 0 Å². The maximum atomic E-state index is 12.2. The third-order valence-corrected chi connectivity index (χ3v) is 12.0. The smallest absolute Gasteiger partial charge is 0.302 e. The highest BCUT2D eigenvalue weighted by atomic mass is 16.7. The fourth-order valence-electron chi connectivity index (χ4n) is 8.31. The first-order valence-corrected chi connectivity index (χ1v) is 21.1. The Bertz CT molecular complexity index is 2150. The fourth-order valence-corrected chi connectivity index (χ4v) is 8.31. The molecule has 10 atom stereocenters. The maximum absolute atomic E-state index is 12.2. The number of carbonyl (C=O) groups excluding carboxylic acids is 2. The van der Waals surface area contributed by atoms with Crippen molar-refractivity contribution < 1.29 is 47.2 Å². The van der Waals surface area contributed by atoms with Crippen molar-refractivity contribution in [3.05, 3.63) is 126 Å². The van der Waals surface area contributed by atoms with Gasteiger partial charge in [-0.15, -0.1) is 10.2 Å². The van der Waals surface area contributed by atoms with Crippen molar-refractivity contribution in [3.8, 4) is 28.3 Å². The molecule has 0 radical (unpaired) electrons. The summed E-state index contributed by atoms with van der Waals surface area (Å²) in [5.41, 5.74) is 4.89. The van der Waals surface area contributed by atoms with Crippen LogP contribution in [0.15, 0.2) is 114 Å². The Balaban J connectivity index is 1.18. The SMILES string of the molecule is CC(=O)OC[C@H]1O[C@H](C[C@H]2[C@H](C)[C@@H](COC(C)=O)O[C@H](Oc3ccc(-c4ccc(-c5nnc(C)o5)cc4)cc3)[C@H]2OCc2ccccc2)[C@@H](OCc2ccccc2)[C@@H](C)[C@@H]1C. The fraction of sp³-hybridized carbons (Fsp3) is 0.429. The van der Waals surface area contributed by atoms with Gasteiger partial charge in [-0.2, -0.15) is 0 Å². The van der Waals surface area contributed by atoms with Gasteiger partial charge < -0.3 is 37.6 Å². The van der Waals surface area contributed by atoms with E-state index in [0.29, 0.717) is 37.2 Å². The van der Waals surface area contributed by atoms with E-state index in [2.05, 4.69) is 31.0 Å². The molecular weight excluding hydrogens is 777 g/mol. The van der Waals surface area contributed by atoms with E-state index >= 15 is 0 Å². The van der Waals surface area contributed by atoms with Crippen LogP contribution in [-0.4, -0.2) is 72.2 Å². The molecule has 0 spiro atoms. The number of nitrogens with zero attached hydrogens (tertiary/aromatic N) is 2. The normalized spacial score (nSPS) is 26.3. The summed E-state index contributed by atoms with van der Waals surface area (Å²) >= 11 is 0. The minimum Gasteiger partial charge on any atom is -0.463 e. The summed E-state index contributed by atoms with van der Waals surface area (Å²) in [4.78, 5) is 24.1. The van der Waals surface area contributed by atoms with Crippen LogP contribution in [-0.2, 0) is 51.2 Å². The van der Waals surface area contributed by atoms with Crippen molar-refractivity contribution in [2.24, 2.45) is 23.7 Å². The van der Waals surface area contributed by atoms with Crippen molar-refractivity contribution in [2.45, 2.75) is 98.0 Å². The van der Waals surface area contributed by atoms with Crippen LogP contribution in [0.4, 0.5) is 0 Å². The lowest BCUT2D eigenvalue weighted by atomic mass is 9.74. The standard InChI is InChI=1S/C49H56N2O10/c1-30-31(2)46(56-26-36-13-9-7-10-14-36)43(60-44(30)28-54-34(5)52)25-42-32(3)45(29-55-35(6)53)61-49(47(42)57-27-37-15-11-8-12-16-37)59-41-23-21-39(22-24-41)38-17-19-40(20-18-38)48-51-50-33(4)58-48/h7-24,30-32,42-47,49H,25-29H2,1-6H3/t30-,31-,32-,42-,43+,44+,45+,46-,47-,49-/m0/s1. The predicted molar refractivity (Wildman–Crippen MR) is 227 cm³/mol. The summed E-state index contributed by atoms with van der Waals surface area (Å²) in [5.74, 6) is 0.527. The van der Waals surface area contributed by atoms with E-state index in [1.54, 1.807) is 6.92 Å². The lowest BCUT2D eigenvalue weighted by molar-refractivity contribution is -0.274. The van der Waals surface area contributed by atoms with Gasteiger partial charge in [0, 0.05) is 26.3 Å². The maximum Gasteiger partial charge on any atom is 0.302 e. The molecule has 0 unspecified atom stereocenters. The molecule has 0 saturated carbocycles. The number of ether oxygens (including phenoxy) is 7. The Kier molecular flexibility index (Phi) is 14.6. The topological polar surface area (TPSA) is 138 Å². The van der Waals surface area contributed by atoms with Gasteiger partial charge in [-0.1, -0.05) is 106 Å². The monoisotopic (exact) mass is 832 g/mol. The lowest BCUT2D eigenvalue weighted by Gasteiger charge is -2.49. The second-order valence-corrected chi connectivity index (χ2v) is 16.2. The number of esters is 2. The van der Waals surface area contributed by atoms with Crippen LogP contribution >= 0.6 is 0 Å². The Labute approximate surface area is 357 Å². The van der Waals surface area contributed by atoms with Gasteiger partial charge in [0.05, 0.1) is 37.6 Å². The van der Waals surface area contributed by atoms with Crippen LogP contribution in [0.2, 0.25) is 0 Å². The second kappa shape index (κ2) is 20.4. The van der Waals surface area contributed by atoms with E-state index in [0.717, 1.165) is 27.8 Å². The van der Waals surface area contributed by atoms with E-state index in [1.807, 2.05) is 109 Å². The molecule has 4 aromatic carbocycles. The second-order valence-electron chi connectivity index (χ2n) is 16.2. The number of aryl methyl sites for hydroxylation is 1. The Morgan fingerprint density at radius 1 is 0.590 bits per heavy atom. The molecule has 0 N–H and O–H groups in total. The first-order chi connectivity index (χ1) is 29.5. The third-order valence-electron chi connectivity index (χ3n) is 12.0. The average molecular weight is 833 g/mol. The highest BCUT2D eigenvalue weighted by Crippen LogP contribution is 2.43. The summed E-state index contributed by atoms with van der Waals surface area (Å²) < 4.78 is 50.7. The van der Waals surface area contributed by atoms with Gasteiger partial charge in [-0.05, 0) is 76.6 Å². The number of hydrogen-bond donors (Lipinski definition) is 0. The molecule has 3 heterocycles. The summed E-state index contributed by atoms with van der Waals surface area (Å²) in [7, 11) is 0. The van der Waals surface area contributed by atoms with Crippen molar-refractivity contribution in [1.29, 1.82) is 0 Å². The highest BCUT2D eigenvalue weighted by Gasteiger charge is 2.50. The van der Waals surface area contributed by atoms with Crippen molar-refractivity contribution >= 4 is 11.9 Å². The molecule has 0 bridgehead atoms. The minimum atomic E-state index is -0.881. The van der Waals surface area contributed by atoms with Crippen LogP contribution in [0.3, 0.4) is 0 Å². The van der Waals surface area contributed by atoms with Gasteiger partial charge in [0.1, 0.15) is 25.1 Å². The zero-order valence-electron chi connectivity index (χ0n) is 35.7. The summed E-state index contributed by atoms with van der Waals surface area (Å²) in [6.07, 6.45) is -2.52. The number of carbonyl (C=O) groups is 2. The van der Waals surface area contributed by atoms with Crippen LogP contribution < -0.4 is 4.74 Å². The molecule has 12 heteroatoms. The van der Waals surface area contributed by atoms with Crippen LogP contribution in [0, 0.1) is 30.6 Å². The number of aromatic nitrogens is 2. The zero-order valence-corrected chi connectivity index (χ0v) is 35.7. The van der Waals surface area contributed by atoms with E-state index in [-0.39, 0.29) is 55.1 Å². The molecular formula is C49H56N2O10. The Hall–Kier alpha value is -5.40. The molecule has 5 aromatic rings. The first-order valence-electron chi connectivity index (χ1n) is 21.1. The van der Waals surface area contributed by atoms with E-state index in [9.17, 15) is 9.59 Å². The van der Waals surface area contributed by atoms with Gasteiger partial charge >= 0.3 is 11.9 Å². The average Bonchev–Trinajstić information content (AvgIpc) is 3.71. The van der Waals surface area contributed by atoms with Gasteiger partial charge in [0.15, 0.2) is 0 Å². The van der Waals surface area contributed by atoms with Gasteiger partial charge in [0.25, 0.3) is 0 Å². The third kappa shape index (κ3) is 11.3. The Morgan fingerprint density at radius 2 is 1.11 bits per heavy atom. The molecule has 2 aliphatic heterocycles. The molecule has 61 heavy (non-hydrogen) atoms. The molecule has 0 amide bonds. The van der Waals surface area contributed by atoms with Crippen molar-refractivity contribution in [3.63, 3.8) is 0 Å². The molecule has 0 aliphatic carbocycles. The summed E-state index contributed by atoms with van der Waals surface area (Å²) in [6.45, 7) is 11.9. The number of hydrogen-bond acceptors (Lipinski definition) is 12. The highest BCUT2D eigenvalue weighted by molar-refractivity contribution is 5.68. The van der Waals surface area contributed by atoms with Crippen molar-refractivity contribution in [2.75, 3.05) is 13.2 Å².